The van der Waals surface area contributed by atoms with E-state index in [1.807, 2.05) is 13.2 Å². The molecule has 1 saturated heterocycles. The number of carbonyl (C=O) groups is 2. The van der Waals surface area contributed by atoms with Gasteiger partial charge in [0.1, 0.15) is 5.60 Å². The van der Waals surface area contributed by atoms with E-state index >= 15 is 0 Å². The van der Waals surface area contributed by atoms with Crippen LogP contribution in [0.15, 0.2) is 17.3 Å². The molecule has 1 aliphatic heterocycles. The third-order valence-corrected chi connectivity index (χ3v) is 4.38. The molecule has 22 heavy (non-hydrogen) atoms. The number of aliphatic carboxylic acids is 1. The summed E-state index contributed by atoms with van der Waals surface area (Å²) in [6, 6.07) is 0. The predicted octanol–water partition coefficient (Wildman–Crippen LogP) is 1.98. The molecular weight excluding hydrogens is 306 g/mol. The molecule has 1 aliphatic rings. The van der Waals surface area contributed by atoms with Crippen LogP contribution in [-0.2, 0) is 16.6 Å². The monoisotopic (exact) mass is 327 g/mol. The van der Waals surface area contributed by atoms with Gasteiger partial charge in [0.2, 0.25) is 0 Å². The zero-order chi connectivity index (χ0) is 16.5. The fraction of sp³-hybridized carbons (Fsp3) is 0.643. The van der Waals surface area contributed by atoms with Crippen LogP contribution in [0.1, 0.15) is 27.2 Å². The van der Waals surface area contributed by atoms with E-state index in [0.29, 0.717) is 13.1 Å². The molecule has 1 aromatic heterocycles. The summed E-state index contributed by atoms with van der Waals surface area (Å²) in [4.78, 5) is 25.6. The van der Waals surface area contributed by atoms with E-state index in [2.05, 4.69) is 5.10 Å². The molecule has 1 fully saturated rings. The lowest BCUT2D eigenvalue weighted by atomic mass is 9.95. The van der Waals surface area contributed by atoms with Gasteiger partial charge in [-0.15, -0.1) is 11.8 Å². The molecule has 0 aliphatic carbocycles. The Balaban J connectivity index is 2.02. The number of carboxylic acid groups (broad SMARTS) is 1. The van der Waals surface area contributed by atoms with Crippen molar-refractivity contribution in [3.05, 3.63) is 12.4 Å². The zero-order valence-electron chi connectivity index (χ0n) is 13.2. The third-order valence-electron chi connectivity index (χ3n) is 3.10. The maximum absolute atomic E-state index is 12.0. The van der Waals surface area contributed by atoms with Crippen LogP contribution in [-0.4, -0.2) is 55.3 Å². The molecular formula is C14H21N3O4S. The number of hydrogen-bond acceptors (Lipinski definition) is 5. The molecule has 0 aromatic carbocycles. The summed E-state index contributed by atoms with van der Waals surface area (Å²) >= 11 is 1.45. The van der Waals surface area contributed by atoms with Gasteiger partial charge in [-0.1, -0.05) is 0 Å². The van der Waals surface area contributed by atoms with Crippen LogP contribution in [0.25, 0.3) is 0 Å². The summed E-state index contributed by atoms with van der Waals surface area (Å²) in [5.41, 5.74) is -0.557. The first kappa shape index (κ1) is 16.7. The Morgan fingerprint density at radius 2 is 2.09 bits per heavy atom. The minimum Gasteiger partial charge on any atom is -0.481 e. The molecule has 1 aromatic rings. The van der Waals surface area contributed by atoms with Crippen molar-refractivity contribution in [2.45, 2.75) is 42.4 Å². The lowest BCUT2D eigenvalue weighted by Gasteiger charge is -2.48. The van der Waals surface area contributed by atoms with Crippen LogP contribution in [0, 0.1) is 0 Å². The van der Waals surface area contributed by atoms with E-state index in [0.717, 1.165) is 4.90 Å². The van der Waals surface area contributed by atoms with Gasteiger partial charge in [0, 0.05) is 31.2 Å². The first-order valence-corrected chi connectivity index (χ1v) is 7.78. The molecule has 0 atom stereocenters. The van der Waals surface area contributed by atoms with Crippen LogP contribution < -0.4 is 0 Å². The van der Waals surface area contributed by atoms with E-state index in [4.69, 9.17) is 9.84 Å². The lowest BCUT2D eigenvalue weighted by Crippen LogP contribution is -2.62. The van der Waals surface area contributed by atoms with E-state index in [-0.39, 0.29) is 6.42 Å². The fourth-order valence-corrected chi connectivity index (χ4v) is 3.74. The lowest BCUT2D eigenvalue weighted by molar-refractivity contribution is -0.138. The molecule has 0 bridgehead atoms. The van der Waals surface area contributed by atoms with Gasteiger partial charge in [-0.05, 0) is 20.8 Å². The molecule has 2 heterocycles. The number of hydrogen-bond donors (Lipinski definition) is 1. The van der Waals surface area contributed by atoms with Crippen molar-refractivity contribution in [3.63, 3.8) is 0 Å². The molecule has 7 nitrogen and oxygen atoms in total. The Morgan fingerprint density at radius 3 is 2.55 bits per heavy atom. The molecule has 0 saturated carbocycles. The highest BCUT2D eigenvalue weighted by Crippen LogP contribution is 2.43. The first-order valence-electron chi connectivity index (χ1n) is 6.96. The van der Waals surface area contributed by atoms with Crippen LogP contribution in [0.3, 0.4) is 0 Å². The highest BCUT2D eigenvalue weighted by Gasteiger charge is 2.49. The fourth-order valence-electron chi connectivity index (χ4n) is 2.29. The first-order chi connectivity index (χ1) is 10.1. The number of carbonyl (C=O) groups excluding carboxylic acids is 1. The number of thioether (sulfide) groups is 1. The number of aryl methyl sites for hydroxylation is 1. The minimum atomic E-state index is -0.875. The standard InChI is InChI=1S/C14H21N3O4S/c1-13(2,3)21-12(20)17-8-14(9-17,5-11(18)19)22-10-6-15-16(4)7-10/h6-7H,5,8-9H2,1-4H3,(H,18,19). The van der Waals surface area contributed by atoms with Crippen molar-refractivity contribution < 1.29 is 19.4 Å². The quantitative estimate of drug-likeness (QED) is 0.910. The summed E-state index contributed by atoms with van der Waals surface area (Å²) < 4.78 is 6.45. The number of ether oxygens (including phenoxy) is 1. The van der Waals surface area contributed by atoms with Gasteiger partial charge in [-0.2, -0.15) is 5.10 Å². The Bertz CT molecular complexity index is 573. The maximum Gasteiger partial charge on any atom is 0.410 e. The predicted molar refractivity (Wildman–Crippen MR) is 81.9 cm³/mol. The van der Waals surface area contributed by atoms with Crippen LogP contribution in [0.4, 0.5) is 4.79 Å². The number of carboxylic acids is 1. The Morgan fingerprint density at radius 1 is 1.45 bits per heavy atom. The summed E-state index contributed by atoms with van der Waals surface area (Å²) in [7, 11) is 1.81. The Hall–Kier alpha value is -1.70. The van der Waals surface area contributed by atoms with Crippen LogP contribution >= 0.6 is 11.8 Å². The third kappa shape index (κ3) is 4.16. The summed E-state index contributed by atoms with van der Waals surface area (Å²) in [5.74, 6) is -0.875. The second-order valence-corrected chi connectivity index (χ2v) is 8.08. The van der Waals surface area contributed by atoms with E-state index in [9.17, 15) is 9.59 Å². The van der Waals surface area contributed by atoms with Crippen LogP contribution in [0.2, 0.25) is 0 Å². The van der Waals surface area contributed by atoms with E-state index in [1.165, 1.54) is 16.7 Å². The molecule has 8 heteroatoms. The second-order valence-electron chi connectivity index (χ2n) is 6.54. The van der Waals surface area contributed by atoms with Crippen LogP contribution in [0.5, 0.6) is 0 Å². The van der Waals surface area contributed by atoms with Crippen molar-refractivity contribution in [2.75, 3.05) is 13.1 Å². The zero-order valence-corrected chi connectivity index (χ0v) is 14.0. The molecule has 0 unspecified atom stereocenters. The normalized spacial score (nSPS) is 17.0. The largest absolute Gasteiger partial charge is 0.481 e. The van der Waals surface area contributed by atoms with Gasteiger partial charge in [0.05, 0.1) is 17.4 Å². The highest BCUT2D eigenvalue weighted by molar-refractivity contribution is 8.00. The van der Waals surface area contributed by atoms with Gasteiger partial charge in [0.15, 0.2) is 0 Å². The Labute approximate surface area is 133 Å². The van der Waals surface area contributed by atoms with Gasteiger partial charge >= 0.3 is 12.1 Å². The average Bonchev–Trinajstić information content (AvgIpc) is 2.67. The molecule has 0 spiro atoms. The molecule has 1 N–H and O–H groups in total. The van der Waals surface area contributed by atoms with Crippen molar-refractivity contribution in [1.29, 1.82) is 0 Å². The SMILES string of the molecule is Cn1cc(SC2(CC(=O)O)CN(C(=O)OC(C)(C)C)C2)cn1. The van der Waals surface area contributed by atoms with Crippen molar-refractivity contribution in [3.8, 4) is 0 Å². The minimum absolute atomic E-state index is 0.00808. The summed E-state index contributed by atoms with van der Waals surface area (Å²) in [5, 5.41) is 13.2. The topological polar surface area (TPSA) is 84.7 Å². The smallest absolute Gasteiger partial charge is 0.410 e. The van der Waals surface area contributed by atoms with Crippen molar-refractivity contribution in [2.24, 2.45) is 7.05 Å². The molecule has 122 valence electrons. The number of amides is 1. The number of likely N-dealkylation sites (tertiary alicyclic amines) is 1. The molecule has 2 rings (SSSR count). The Kier molecular flexibility index (Phi) is 4.42. The summed E-state index contributed by atoms with van der Waals surface area (Å²) in [6.45, 7) is 6.13. The second kappa shape index (κ2) is 5.83. The van der Waals surface area contributed by atoms with E-state index < -0.39 is 22.4 Å². The maximum atomic E-state index is 12.0. The average molecular weight is 327 g/mol. The molecule has 1 amide bonds. The summed E-state index contributed by atoms with van der Waals surface area (Å²) in [6.07, 6.45) is 3.13. The van der Waals surface area contributed by atoms with E-state index in [1.54, 1.807) is 31.6 Å². The van der Waals surface area contributed by atoms with Gasteiger partial charge in [-0.3, -0.25) is 9.48 Å². The molecule has 0 radical (unpaired) electrons. The van der Waals surface area contributed by atoms with Gasteiger partial charge in [0.25, 0.3) is 0 Å². The van der Waals surface area contributed by atoms with Gasteiger partial charge in [-0.25, -0.2) is 4.79 Å². The van der Waals surface area contributed by atoms with Gasteiger partial charge < -0.3 is 14.7 Å². The number of nitrogens with zero attached hydrogens (tertiary/aromatic N) is 3. The van der Waals surface area contributed by atoms with Crippen molar-refractivity contribution >= 4 is 23.8 Å². The number of rotatable bonds is 4. The van der Waals surface area contributed by atoms with Crippen molar-refractivity contribution in [1.82, 2.24) is 14.7 Å². The number of aromatic nitrogens is 2. The highest BCUT2D eigenvalue weighted by atomic mass is 32.2.